The van der Waals surface area contributed by atoms with Crippen LogP contribution in [0.1, 0.15) is 16.7 Å². The van der Waals surface area contributed by atoms with Crippen LogP contribution < -0.4 is 10.1 Å². The number of nitrogens with one attached hydrogen (secondary N) is 1. The molecule has 0 saturated carbocycles. The van der Waals surface area contributed by atoms with Gasteiger partial charge in [-0.2, -0.15) is 4.98 Å². The number of aromatic nitrogens is 2. The molecular weight excluding hydrogens is 402 g/mol. The van der Waals surface area contributed by atoms with E-state index in [1.165, 1.54) is 0 Å². The van der Waals surface area contributed by atoms with E-state index in [2.05, 4.69) is 15.3 Å². The summed E-state index contributed by atoms with van der Waals surface area (Å²) in [6, 6.07) is 13.0. The van der Waals surface area contributed by atoms with Crippen LogP contribution in [0.3, 0.4) is 0 Å². The van der Waals surface area contributed by atoms with Crippen molar-refractivity contribution in [2.24, 2.45) is 0 Å². The molecule has 0 saturated heterocycles. The van der Waals surface area contributed by atoms with E-state index in [9.17, 15) is 4.79 Å². The lowest BCUT2D eigenvalue weighted by molar-refractivity contribution is -0.118. The average Bonchev–Trinajstić information content (AvgIpc) is 3.13. The number of aryl methyl sites for hydroxylation is 3. The van der Waals surface area contributed by atoms with Crippen LogP contribution in [0.5, 0.6) is 5.75 Å². The molecule has 2 aromatic heterocycles. The molecule has 0 aliphatic rings. The molecule has 30 heavy (non-hydrogen) atoms. The number of carbonyl (C=O) groups is 1. The fraction of sp³-hybridized carbons (Fsp3) is 0.174. The predicted octanol–water partition coefficient (Wildman–Crippen LogP) is 5.49. The lowest BCUT2D eigenvalue weighted by Crippen LogP contribution is -2.21. The fourth-order valence-corrected chi connectivity index (χ4v) is 3.57. The van der Waals surface area contributed by atoms with E-state index >= 15 is 0 Å². The molecule has 152 valence electrons. The molecule has 1 amide bonds. The molecule has 6 nitrogen and oxygen atoms in total. The Kier molecular flexibility index (Phi) is 5.42. The zero-order chi connectivity index (χ0) is 21.3. The summed E-state index contributed by atoms with van der Waals surface area (Å²) < 4.78 is 11.4. The molecular formula is C23H20ClN3O3. The van der Waals surface area contributed by atoms with Crippen LogP contribution in [0.25, 0.3) is 22.7 Å². The van der Waals surface area contributed by atoms with Crippen LogP contribution in [0.15, 0.2) is 53.1 Å². The third-order valence-electron chi connectivity index (χ3n) is 4.64. The van der Waals surface area contributed by atoms with Crippen LogP contribution in [-0.2, 0) is 4.79 Å². The number of halogens is 1. The Morgan fingerprint density at radius 2 is 1.97 bits per heavy atom. The van der Waals surface area contributed by atoms with Gasteiger partial charge in [0.1, 0.15) is 5.75 Å². The number of hydrogen-bond acceptors (Lipinski definition) is 5. The van der Waals surface area contributed by atoms with E-state index in [1.807, 2.05) is 57.2 Å². The lowest BCUT2D eigenvalue weighted by atomic mass is 10.1. The van der Waals surface area contributed by atoms with Crippen molar-refractivity contribution in [2.45, 2.75) is 20.8 Å². The number of amides is 1. The number of benzene rings is 2. The van der Waals surface area contributed by atoms with Crippen LogP contribution >= 0.6 is 11.6 Å². The summed E-state index contributed by atoms with van der Waals surface area (Å²) in [5.74, 6) is 0.671. The maximum absolute atomic E-state index is 12.5. The quantitative estimate of drug-likeness (QED) is 0.461. The molecule has 0 fully saturated rings. The first kappa shape index (κ1) is 19.9. The van der Waals surface area contributed by atoms with Gasteiger partial charge in [-0.3, -0.25) is 4.79 Å². The van der Waals surface area contributed by atoms with Gasteiger partial charge in [-0.25, -0.2) is 4.98 Å². The summed E-state index contributed by atoms with van der Waals surface area (Å²) in [6.07, 6.45) is 1.66. The first-order valence-corrected chi connectivity index (χ1v) is 9.80. The first-order chi connectivity index (χ1) is 14.4. The Labute approximate surface area is 178 Å². The van der Waals surface area contributed by atoms with Gasteiger partial charge in [-0.05, 0) is 67.8 Å². The van der Waals surface area contributed by atoms with Gasteiger partial charge >= 0.3 is 0 Å². The minimum Gasteiger partial charge on any atom is -0.482 e. The molecule has 0 unspecified atom stereocenters. The number of fused-ring (bicyclic) bond motifs is 1. The number of oxazole rings is 1. The highest BCUT2D eigenvalue weighted by atomic mass is 35.5. The van der Waals surface area contributed by atoms with Crippen molar-refractivity contribution in [1.29, 1.82) is 0 Å². The van der Waals surface area contributed by atoms with Gasteiger partial charge in [0.05, 0.1) is 5.02 Å². The van der Waals surface area contributed by atoms with E-state index in [1.54, 1.807) is 12.3 Å². The molecule has 2 aromatic carbocycles. The maximum atomic E-state index is 12.5. The number of rotatable bonds is 5. The molecule has 0 atom stereocenters. The van der Waals surface area contributed by atoms with Crippen molar-refractivity contribution in [3.8, 4) is 17.2 Å². The van der Waals surface area contributed by atoms with Crippen molar-refractivity contribution in [1.82, 2.24) is 9.97 Å². The summed E-state index contributed by atoms with van der Waals surface area (Å²) in [7, 11) is 0. The molecule has 2 heterocycles. The number of pyridine rings is 1. The third kappa shape index (κ3) is 4.14. The van der Waals surface area contributed by atoms with E-state index in [0.717, 1.165) is 22.3 Å². The van der Waals surface area contributed by atoms with Crippen molar-refractivity contribution < 1.29 is 13.9 Å². The van der Waals surface area contributed by atoms with Gasteiger partial charge in [-0.1, -0.05) is 23.7 Å². The van der Waals surface area contributed by atoms with Gasteiger partial charge in [0.25, 0.3) is 5.91 Å². The SMILES string of the molecule is Cc1cc(C)c(OCC(=O)Nc2cc(-c3nc4ncccc4o3)ccc2C)c(Cl)c1. The zero-order valence-electron chi connectivity index (χ0n) is 16.8. The van der Waals surface area contributed by atoms with E-state index < -0.39 is 0 Å². The Morgan fingerprint density at radius 1 is 1.13 bits per heavy atom. The second kappa shape index (κ2) is 8.16. The topological polar surface area (TPSA) is 77.2 Å². The van der Waals surface area contributed by atoms with E-state index in [-0.39, 0.29) is 12.5 Å². The largest absolute Gasteiger partial charge is 0.482 e. The monoisotopic (exact) mass is 421 g/mol. The van der Waals surface area contributed by atoms with Crippen LogP contribution in [0, 0.1) is 20.8 Å². The Morgan fingerprint density at radius 3 is 2.73 bits per heavy atom. The summed E-state index contributed by atoms with van der Waals surface area (Å²) in [5, 5.41) is 3.37. The number of carbonyl (C=O) groups excluding carboxylic acids is 1. The van der Waals surface area contributed by atoms with Gasteiger partial charge in [0.15, 0.2) is 17.8 Å². The molecule has 0 aliphatic heterocycles. The Balaban J connectivity index is 1.50. The highest BCUT2D eigenvalue weighted by Gasteiger charge is 2.13. The zero-order valence-corrected chi connectivity index (χ0v) is 17.6. The fourth-order valence-electron chi connectivity index (χ4n) is 3.19. The second-order valence-electron chi connectivity index (χ2n) is 7.10. The number of nitrogens with zero attached hydrogens (tertiary/aromatic N) is 2. The van der Waals surface area contributed by atoms with Gasteiger partial charge in [0, 0.05) is 17.4 Å². The molecule has 4 aromatic rings. The predicted molar refractivity (Wildman–Crippen MR) is 117 cm³/mol. The molecule has 1 N–H and O–H groups in total. The summed E-state index contributed by atoms with van der Waals surface area (Å²) in [4.78, 5) is 21.1. The molecule has 7 heteroatoms. The smallest absolute Gasteiger partial charge is 0.262 e. The lowest BCUT2D eigenvalue weighted by Gasteiger charge is -2.13. The van der Waals surface area contributed by atoms with Gasteiger partial charge < -0.3 is 14.5 Å². The average molecular weight is 422 g/mol. The number of anilines is 1. The van der Waals surface area contributed by atoms with Crippen molar-refractivity contribution in [3.05, 3.63) is 70.4 Å². The van der Waals surface area contributed by atoms with Gasteiger partial charge in [-0.15, -0.1) is 0 Å². The minimum absolute atomic E-state index is 0.153. The van der Waals surface area contributed by atoms with Gasteiger partial charge in [0.2, 0.25) is 5.89 Å². The van der Waals surface area contributed by atoms with Crippen molar-refractivity contribution >= 4 is 34.4 Å². The molecule has 0 bridgehead atoms. The summed E-state index contributed by atoms with van der Waals surface area (Å²) in [5.41, 5.74) is 5.38. The molecule has 0 aliphatic carbocycles. The molecule has 0 radical (unpaired) electrons. The minimum atomic E-state index is -0.287. The second-order valence-corrected chi connectivity index (χ2v) is 7.51. The van der Waals surface area contributed by atoms with Crippen molar-refractivity contribution in [3.63, 3.8) is 0 Å². The van der Waals surface area contributed by atoms with Crippen molar-refractivity contribution in [2.75, 3.05) is 11.9 Å². The first-order valence-electron chi connectivity index (χ1n) is 9.42. The van der Waals surface area contributed by atoms with E-state index in [0.29, 0.717) is 33.6 Å². The molecule has 0 spiro atoms. The molecule has 4 rings (SSSR count). The summed E-state index contributed by atoms with van der Waals surface area (Å²) in [6.45, 7) is 5.61. The van der Waals surface area contributed by atoms with Crippen LogP contribution in [0.4, 0.5) is 5.69 Å². The summed E-state index contributed by atoms with van der Waals surface area (Å²) >= 11 is 6.25. The highest BCUT2D eigenvalue weighted by Crippen LogP contribution is 2.30. The van der Waals surface area contributed by atoms with Crippen LogP contribution in [0.2, 0.25) is 5.02 Å². The van der Waals surface area contributed by atoms with Crippen LogP contribution in [-0.4, -0.2) is 22.5 Å². The maximum Gasteiger partial charge on any atom is 0.262 e. The third-order valence-corrected chi connectivity index (χ3v) is 4.93. The van der Waals surface area contributed by atoms with E-state index in [4.69, 9.17) is 20.8 Å². The highest BCUT2D eigenvalue weighted by molar-refractivity contribution is 6.32. The number of hydrogen-bond donors (Lipinski definition) is 1. The Bertz CT molecular complexity index is 1190. The normalized spacial score (nSPS) is 10.9. The standard InChI is InChI=1S/C23H20ClN3O3/c1-13-9-15(3)21(17(24)10-13)29-12-20(28)26-18-11-16(7-6-14(18)2)23-27-22-19(30-23)5-4-8-25-22/h4-11H,12H2,1-3H3,(H,26,28). The number of ether oxygens (including phenoxy) is 1. The Hall–Kier alpha value is -3.38.